The second-order valence-electron chi connectivity index (χ2n) is 8.67. The number of para-hydroxylation sites is 1. The monoisotopic (exact) mass is 439 g/mol. The Morgan fingerprint density at radius 2 is 1.94 bits per heavy atom. The van der Waals surface area contributed by atoms with Crippen LogP contribution < -0.4 is 10.2 Å². The van der Waals surface area contributed by atoms with Gasteiger partial charge >= 0.3 is 0 Å². The highest BCUT2D eigenvalue weighted by Crippen LogP contribution is 2.37. The highest BCUT2D eigenvalue weighted by Gasteiger charge is 2.34. The summed E-state index contributed by atoms with van der Waals surface area (Å²) in [5.41, 5.74) is 3.87. The molecule has 2 aromatic carbocycles. The van der Waals surface area contributed by atoms with Crippen molar-refractivity contribution in [3.63, 3.8) is 0 Å². The van der Waals surface area contributed by atoms with E-state index in [1.165, 1.54) is 0 Å². The summed E-state index contributed by atoms with van der Waals surface area (Å²) in [6.45, 7) is 2.48. The predicted octanol–water partition coefficient (Wildman–Crippen LogP) is 4.26. The molecule has 3 atom stereocenters. The normalized spacial score (nSPS) is 20.3. The number of nitrogens with zero attached hydrogens (tertiary/aromatic N) is 2. The van der Waals surface area contributed by atoms with E-state index in [2.05, 4.69) is 22.3 Å². The van der Waals surface area contributed by atoms with Crippen LogP contribution in [0, 0.1) is 11.8 Å². The van der Waals surface area contributed by atoms with E-state index in [4.69, 9.17) is 16.6 Å². The summed E-state index contributed by atoms with van der Waals surface area (Å²) >= 11 is 6.10. The molecule has 6 heteroatoms. The molecule has 2 N–H and O–H groups in total. The first-order chi connectivity index (χ1) is 15.0. The van der Waals surface area contributed by atoms with Crippen molar-refractivity contribution < 1.29 is 9.90 Å². The molecular formula is C25H30ClN3O2. The van der Waals surface area contributed by atoms with E-state index < -0.39 is 12.3 Å². The molecule has 0 radical (unpaired) electrons. The predicted molar refractivity (Wildman–Crippen MR) is 126 cm³/mol. The second-order valence-corrected chi connectivity index (χ2v) is 9.10. The number of aliphatic imine (C=N–C) groups is 1. The van der Waals surface area contributed by atoms with Crippen molar-refractivity contribution in [2.75, 3.05) is 18.5 Å². The van der Waals surface area contributed by atoms with E-state index in [1.807, 2.05) is 50.4 Å². The summed E-state index contributed by atoms with van der Waals surface area (Å²) in [7, 11) is 2.01. The van der Waals surface area contributed by atoms with Gasteiger partial charge in [-0.2, -0.15) is 0 Å². The Balaban J connectivity index is 1.65. The summed E-state index contributed by atoms with van der Waals surface area (Å²) in [6, 6.07) is 15.8. The highest BCUT2D eigenvalue weighted by molar-refractivity contribution is 6.30. The Hall–Kier alpha value is -2.37. The number of carbonyl (C=O) groups is 1. The Morgan fingerprint density at radius 3 is 2.61 bits per heavy atom. The Labute approximate surface area is 189 Å². The first-order valence-corrected chi connectivity index (χ1v) is 11.5. The SMILES string of the molecule is CCC(O)C(CC1CC1)C(=O)NC1CN(C)c2ccccc2C(c2ccc(Cl)cc2)=N1. The van der Waals surface area contributed by atoms with Crippen molar-refractivity contribution in [2.45, 2.75) is 44.9 Å². The number of aliphatic hydroxyl groups excluding tert-OH is 1. The molecule has 1 aliphatic heterocycles. The van der Waals surface area contributed by atoms with Crippen LogP contribution in [0.1, 0.15) is 43.7 Å². The van der Waals surface area contributed by atoms with Gasteiger partial charge in [-0.05, 0) is 37.0 Å². The number of rotatable bonds is 7. The second kappa shape index (κ2) is 9.41. The molecule has 1 aliphatic carbocycles. The van der Waals surface area contributed by atoms with Crippen molar-refractivity contribution >= 4 is 28.9 Å². The van der Waals surface area contributed by atoms with Crippen molar-refractivity contribution in [1.29, 1.82) is 0 Å². The fourth-order valence-electron chi connectivity index (χ4n) is 4.25. The zero-order valence-electron chi connectivity index (χ0n) is 18.1. The molecule has 0 bridgehead atoms. The number of amides is 1. The smallest absolute Gasteiger partial charge is 0.227 e. The number of benzene rings is 2. The van der Waals surface area contributed by atoms with Crippen LogP contribution in [0.3, 0.4) is 0 Å². The van der Waals surface area contributed by atoms with Gasteiger partial charge in [-0.1, -0.05) is 61.7 Å². The maximum atomic E-state index is 13.2. The molecular weight excluding hydrogens is 410 g/mol. The molecule has 0 saturated heterocycles. The molecule has 4 rings (SSSR count). The number of likely N-dealkylation sites (N-methyl/N-ethyl adjacent to an activating group) is 1. The number of benzodiazepines with no additional fused rings is 1. The first-order valence-electron chi connectivity index (χ1n) is 11.1. The van der Waals surface area contributed by atoms with Gasteiger partial charge in [0, 0.05) is 28.9 Å². The average molecular weight is 440 g/mol. The van der Waals surface area contributed by atoms with Crippen molar-refractivity contribution in [3.8, 4) is 0 Å². The van der Waals surface area contributed by atoms with Crippen molar-refractivity contribution in [1.82, 2.24) is 5.32 Å². The number of halogens is 1. The molecule has 5 nitrogen and oxygen atoms in total. The zero-order chi connectivity index (χ0) is 22.0. The maximum absolute atomic E-state index is 13.2. The van der Waals surface area contributed by atoms with Crippen LogP contribution in [0.5, 0.6) is 0 Å². The van der Waals surface area contributed by atoms with Crippen LogP contribution in [0.25, 0.3) is 0 Å². The summed E-state index contributed by atoms with van der Waals surface area (Å²) in [6.07, 6.45) is 2.58. The third-order valence-electron chi connectivity index (χ3n) is 6.23. The van der Waals surface area contributed by atoms with Gasteiger partial charge in [-0.15, -0.1) is 0 Å². The van der Waals surface area contributed by atoms with Gasteiger partial charge in [0.25, 0.3) is 0 Å². The zero-order valence-corrected chi connectivity index (χ0v) is 18.8. The van der Waals surface area contributed by atoms with E-state index in [0.717, 1.165) is 41.8 Å². The fraction of sp³-hybridized carbons (Fsp3) is 0.440. The number of aliphatic hydroxyl groups is 1. The number of hydrogen-bond acceptors (Lipinski definition) is 4. The summed E-state index contributed by atoms with van der Waals surface area (Å²) < 4.78 is 0. The van der Waals surface area contributed by atoms with Gasteiger partial charge in [0.2, 0.25) is 5.91 Å². The molecule has 2 aromatic rings. The minimum absolute atomic E-state index is 0.107. The van der Waals surface area contributed by atoms with Crippen LogP contribution in [-0.4, -0.2) is 42.6 Å². The summed E-state index contributed by atoms with van der Waals surface area (Å²) in [5, 5.41) is 14.3. The average Bonchev–Trinajstić information content (AvgIpc) is 3.60. The molecule has 1 amide bonds. The minimum Gasteiger partial charge on any atom is -0.392 e. The largest absolute Gasteiger partial charge is 0.392 e. The lowest BCUT2D eigenvalue weighted by Crippen LogP contribution is -2.46. The van der Waals surface area contributed by atoms with E-state index >= 15 is 0 Å². The number of hydrogen-bond donors (Lipinski definition) is 2. The maximum Gasteiger partial charge on any atom is 0.227 e. The van der Waals surface area contributed by atoms with Crippen LogP contribution in [-0.2, 0) is 4.79 Å². The molecule has 1 heterocycles. The molecule has 2 aliphatic rings. The van der Waals surface area contributed by atoms with Gasteiger partial charge in [0.1, 0.15) is 6.17 Å². The van der Waals surface area contributed by atoms with E-state index in [0.29, 0.717) is 23.9 Å². The molecule has 0 spiro atoms. The van der Waals surface area contributed by atoms with Gasteiger partial charge in [-0.25, -0.2) is 0 Å². The molecule has 1 saturated carbocycles. The van der Waals surface area contributed by atoms with E-state index in [9.17, 15) is 9.90 Å². The van der Waals surface area contributed by atoms with Gasteiger partial charge in [-0.3, -0.25) is 9.79 Å². The number of carbonyl (C=O) groups excluding carboxylic acids is 1. The van der Waals surface area contributed by atoms with E-state index in [-0.39, 0.29) is 11.8 Å². The standard InChI is InChI=1S/C25H30ClN3O2/c1-3-22(30)20(14-16-8-9-16)25(31)28-23-15-29(2)21-7-5-4-6-19(21)24(27-23)17-10-12-18(26)13-11-17/h4-7,10-13,16,20,22-23,30H,3,8-9,14-15H2,1-2H3,(H,28,31). The Kier molecular flexibility index (Phi) is 6.63. The van der Waals surface area contributed by atoms with Crippen LogP contribution in [0.15, 0.2) is 53.5 Å². The van der Waals surface area contributed by atoms with Gasteiger partial charge in [0.15, 0.2) is 0 Å². The lowest BCUT2D eigenvalue weighted by atomic mass is 9.93. The number of fused-ring (bicyclic) bond motifs is 1. The number of nitrogens with one attached hydrogen (secondary N) is 1. The fourth-order valence-corrected chi connectivity index (χ4v) is 4.38. The third-order valence-corrected chi connectivity index (χ3v) is 6.48. The number of anilines is 1. The van der Waals surface area contributed by atoms with Gasteiger partial charge < -0.3 is 15.3 Å². The summed E-state index contributed by atoms with van der Waals surface area (Å²) in [4.78, 5) is 20.3. The topological polar surface area (TPSA) is 64.9 Å². The lowest BCUT2D eigenvalue weighted by molar-refractivity contribution is -0.129. The van der Waals surface area contributed by atoms with Crippen LogP contribution >= 0.6 is 11.6 Å². The van der Waals surface area contributed by atoms with Crippen molar-refractivity contribution in [2.24, 2.45) is 16.8 Å². The highest BCUT2D eigenvalue weighted by atomic mass is 35.5. The Bertz CT molecular complexity index is 955. The molecule has 3 unspecified atom stereocenters. The molecule has 1 fully saturated rings. The molecule has 31 heavy (non-hydrogen) atoms. The Morgan fingerprint density at radius 1 is 1.23 bits per heavy atom. The quantitative estimate of drug-likeness (QED) is 0.677. The van der Waals surface area contributed by atoms with Crippen LogP contribution in [0.4, 0.5) is 5.69 Å². The van der Waals surface area contributed by atoms with Crippen molar-refractivity contribution in [3.05, 3.63) is 64.7 Å². The minimum atomic E-state index is -0.624. The third kappa shape index (κ3) is 5.10. The summed E-state index contributed by atoms with van der Waals surface area (Å²) in [5.74, 6) is 0.0681. The first kappa shape index (κ1) is 21.8. The molecule has 164 valence electrons. The van der Waals surface area contributed by atoms with E-state index in [1.54, 1.807) is 0 Å². The lowest BCUT2D eigenvalue weighted by Gasteiger charge is -2.26. The van der Waals surface area contributed by atoms with Gasteiger partial charge in [0.05, 0.1) is 24.3 Å². The van der Waals surface area contributed by atoms with Crippen LogP contribution in [0.2, 0.25) is 5.02 Å². The molecule has 0 aromatic heterocycles.